The smallest absolute Gasteiger partial charge is 0.246 e. The number of para-hydroxylation sites is 2. The van der Waals surface area contributed by atoms with Crippen molar-refractivity contribution in [2.75, 3.05) is 7.05 Å². The number of nitrogens with zero attached hydrogens (tertiary/aromatic N) is 3. The Morgan fingerprint density at radius 2 is 1.81 bits per heavy atom. The molecular weight excluding hydrogens is 398 g/mol. The Hall–Kier alpha value is -3.60. The second kappa shape index (κ2) is 8.87. The first-order valence-electron chi connectivity index (χ1n) is 11.3. The van der Waals surface area contributed by atoms with Crippen molar-refractivity contribution >= 4 is 23.0 Å². The van der Waals surface area contributed by atoms with E-state index < -0.39 is 0 Å². The molecule has 4 aromatic rings. The zero-order chi connectivity index (χ0) is 21.9. The Morgan fingerprint density at radius 1 is 1.06 bits per heavy atom. The van der Waals surface area contributed by atoms with Gasteiger partial charge in [-0.1, -0.05) is 55.7 Å². The molecule has 2 aromatic heterocycles. The summed E-state index contributed by atoms with van der Waals surface area (Å²) in [6.45, 7) is 0. The maximum atomic E-state index is 12.9. The molecule has 0 aliphatic heterocycles. The summed E-state index contributed by atoms with van der Waals surface area (Å²) in [4.78, 5) is 14.8. The van der Waals surface area contributed by atoms with E-state index in [0.717, 1.165) is 40.8 Å². The Morgan fingerprint density at radius 3 is 2.59 bits per heavy atom. The van der Waals surface area contributed by atoms with Gasteiger partial charge in [0.15, 0.2) is 5.76 Å². The first-order valence-corrected chi connectivity index (χ1v) is 11.3. The molecule has 0 saturated heterocycles. The molecule has 5 heteroatoms. The van der Waals surface area contributed by atoms with Crippen molar-refractivity contribution in [3.8, 4) is 17.1 Å². The lowest BCUT2D eigenvalue weighted by Crippen LogP contribution is -2.37. The number of fused-ring (bicyclic) bond motifs is 1. The van der Waals surface area contributed by atoms with E-state index in [1.54, 1.807) is 6.08 Å². The molecule has 0 N–H and O–H groups in total. The van der Waals surface area contributed by atoms with Crippen molar-refractivity contribution < 1.29 is 9.21 Å². The van der Waals surface area contributed by atoms with E-state index in [1.807, 2.05) is 89.6 Å². The summed E-state index contributed by atoms with van der Waals surface area (Å²) in [5.41, 5.74) is 3.34. The molecule has 5 nitrogen and oxygen atoms in total. The van der Waals surface area contributed by atoms with Gasteiger partial charge in [-0.05, 0) is 43.2 Å². The molecular formula is C27H27N3O2. The fourth-order valence-corrected chi connectivity index (χ4v) is 4.44. The fraction of sp³-hybridized carbons (Fsp3) is 0.259. The number of hydrogen-bond acceptors (Lipinski definition) is 3. The van der Waals surface area contributed by atoms with Crippen LogP contribution in [0, 0.1) is 0 Å². The third-order valence-electron chi connectivity index (χ3n) is 6.30. The zero-order valence-corrected chi connectivity index (χ0v) is 18.3. The molecule has 1 amide bonds. The van der Waals surface area contributed by atoms with Gasteiger partial charge in [0, 0.05) is 36.3 Å². The average Bonchev–Trinajstić information content (AvgIpc) is 3.47. The van der Waals surface area contributed by atoms with Gasteiger partial charge in [0.2, 0.25) is 5.91 Å². The van der Waals surface area contributed by atoms with Crippen LogP contribution in [0.1, 0.15) is 37.7 Å². The molecule has 2 aromatic carbocycles. The van der Waals surface area contributed by atoms with Gasteiger partial charge in [-0.3, -0.25) is 4.79 Å². The molecule has 1 aliphatic carbocycles. The molecule has 0 bridgehead atoms. The normalized spacial score (nSPS) is 14.9. The van der Waals surface area contributed by atoms with E-state index in [4.69, 9.17) is 9.52 Å². The Labute approximate surface area is 188 Å². The Balaban J connectivity index is 1.49. The molecule has 32 heavy (non-hydrogen) atoms. The summed E-state index contributed by atoms with van der Waals surface area (Å²) >= 11 is 0. The van der Waals surface area contributed by atoms with Crippen molar-refractivity contribution in [1.29, 1.82) is 0 Å². The van der Waals surface area contributed by atoms with Gasteiger partial charge in [-0.15, -0.1) is 0 Å². The van der Waals surface area contributed by atoms with Crippen molar-refractivity contribution in [1.82, 2.24) is 14.7 Å². The molecule has 0 spiro atoms. The van der Waals surface area contributed by atoms with Crippen molar-refractivity contribution in [3.63, 3.8) is 0 Å². The lowest BCUT2D eigenvalue weighted by Gasteiger charge is -2.30. The summed E-state index contributed by atoms with van der Waals surface area (Å²) < 4.78 is 7.92. The quantitative estimate of drug-likeness (QED) is 0.364. The molecule has 0 unspecified atom stereocenters. The number of aromatic nitrogens is 2. The van der Waals surface area contributed by atoms with Crippen LogP contribution in [0.2, 0.25) is 0 Å². The molecule has 162 valence electrons. The Kier molecular flexibility index (Phi) is 5.63. The minimum Gasteiger partial charge on any atom is -0.454 e. The fourth-order valence-electron chi connectivity index (χ4n) is 4.44. The molecule has 1 aliphatic rings. The number of rotatable bonds is 5. The highest BCUT2D eigenvalue weighted by atomic mass is 16.3. The second-order valence-electron chi connectivity index (χ2n) is 8.44. The molecule has 1 saturated carbocycles. The largest absolute Gasteiger partial charge is 0.454 e. The lowest BCUT2D eigenvalue weighted by atomic mass is 9.94. The number of carbonyl (C=O) groups is 1. The first-order chi connectivity index (χ1) is 15.7. The summed E-state index contributed by atoms with van der Waals surface area (Å²) in [5, 5.41) is 5.83. The second-order valence-corrected chi connectivity index (χ2v) is 8.44. The van der Waals surface area contributed by atoms with Crippen LogP contribution in [0.25, 0.3) is 34.2 Å². The molecule has 0 atom stereocenters. The average molecular weight is 426 g/mol. The lowest BCUT2D eigenvalue weighted by molar-refractivity contribution is -0.127. The molecule has 5 rings (SSSR count). The summed E-state index contributed by atoms with van der Waals surface area (Å²) in [6, 6.07) is 20.2. The first kappa shape index (κ1) is 20.3. The zero-order valence-electron chi connectivity index (χ0n) is 18.3. The van der Waals surface area contributed by atoms with Gasteiger partial charge in [0.25, 0.3) is 0 Å². The monoisotopic (exact) mass is 425 g/mol. The molecule has 0 radical (unpaired) electrons. The van der Waals surface area contributed by atoms with Gasteiger partial charge >= 0.3 is 0 Å². The van der Waals surface area contributed by atoms with Crippen LogP contribution < -0.4 is 0 Å². The summed E-state index contributed by atoms with van der Waals surface area (Å²) in [6.07, 6.45) is 11.3. The van der Waals surface area contributed by atoms with Crippen LogP contribution in [0.4, 0.5) is 0 Å². The van der Waals surface area contributed by atoms with Crippen LogP contribution >= 0.6 is 0 Å². The van der Waals surface area contributed by atoms with Crippen molar-refractivity contribution in [3.05, 3.63) is 78.5 Å². The highest BCUT2D eigenvalue weighted by Crippen LogP contribution is 2.30. The highest BCUT2D eigenvalue weighted by molar-refractivity contribution is 5.93. The summed E-state index contributed by atoms with van der Waals surface area (Å²) in [5.74, 6) is 0.716. The van der Waals surface area contributed by atoms with Gasteiger partial charge in [-0.25, -0.2) is 4.68 Å². The number of furan rings is 1. The van der Waals surface area contributed by atoms with Gasteiger partial charge in [0.1, 0.15) is 11.3 Å². The third-order valence-corrected chi connectivity index (χ3v) is 6.30. The summed E-state index contributed by atoms with van der Waals surface area (Å²) in [7, 11) is 1.91. The van der Waals surface area contributed by atoms with Gasteiger partial charge in [0.05, 0.1) is 5.69 Å². The predicted octanol–water partition coefficient (Wildman–Crippen LogP) is 6.09. The third kappa shape index (κ3) is 4.11. The topological polar surface area (TPSA) is 51.3 Å². The Bertz CT molecular complexity index is 1210. The van der Waals surface area contributed by atoms with E-state index in [1.165, 1.54) is 19.3 Å². The molecule has 2 heterocycles. The van der Waals surface area contributed by atoms with E-state index >= 15 is 0 Å². The number of likely N-dealkylation sites (N-methyl/N-ethyl adjacent to an activating group) is 1. The maximum Gasteiger partial charge on any atom is 0.246 e. The standard InChI is InChI=1S/C27H27N3O2/c1-29(22-11-4-2-5-12-22)26(31)17-16-21-19-30(23-13-6-3-7-14-23)28-27(21)25-18-20-10-8-9-15-24(20)32-25/h3,6-10,13-19,22H,2,4-5,11-12H2,1H3/b17-16-. The minimum absolute atomic E-state index is 0.0277. The van der Waals surface area contributed by atoms with Crippen molar-refractivity contribution in [2.45, 2.75) is 38.1 Å². The number of hydrogen-bond donors (Lipinski definition) is 0. The number of carbonyl (C=O) groups excluding carboxylic acids is 1. The molecule has 1 fully saturated rings. The number of amides is 1. The van der Waals surface area contributed by atoms with Crippen molar-refractivity contribution in [2.24, 2.45) is 0 Å². The minimum atomic E-state index is 0.0277. The van der Waals surface area contributed by atoms with E-state index in [9.17, 15) is 4.79 Å². The highest BCUT2D eigenvalue weighted by Gasteiger charge is 2.21. The van der Waals surface area contributed by atoms with Gasteiger partial charge < -0.3 is 9.32 Å². The van der Waals surface area contributed by atoms with E-state index in [0.29, 0.717) is 11.8 Å². The maximum absolute atomic E-state index is 12.9. The van der Waals surface area contributed by atoms with Crippen LogP contribution in [0.15, 0.2) is 77.4 Å². The van der Waals surface area contributed by atoms with Crippen LogP contribution in [0.3, 0.4) is 0 Å². The van der Waals surface area contributed by atoms with Crippen LogP contribution in [0.5, 0.6) is 0 Å². The van der Waals surface area contributed by atoms with Crippen LogP contribution in [-0.4, -0.2) is 33.7 Å². The van der Waals surface area contributed by atoms with Gasteiger partial charge in [-0.2, -0.15) is 5.10 Å². The van der Waals surface area contributed by atoms with E-state index in [-0.39, 0.29) is 5.91 Å². The van der Waals surface area contributed by atoms with Crippen LogP contribution in [-0.2, 0) is 4.79 Å². The number of benzene rings is 2. The van der Waals surface area contributed by atoms with E-state index in [2.05, 4.69) is 0 Å². The SMILES string of the molecule is CN(C(=O)/C=C\c1cn(-c2ccccc2)nc1-c1cc2ccccc2o1)C1CCCCC1. The predicted molar refractivity (Wildman–Crippen MR) is 127 cm³/mol.